The second kappa shape index (κ2) is 5.91. The van der Waals surface area contributed by atoms with Gasteiger partial charge in [0.1, 0.15) is 0 Å². The fraction of sp³-hybridized carbons (Fsp3) is 0.889. The second-order valence-electron chi connectivity index (χ2n) is 3.17. The summed E-state index contributed by atoms with van der Waals surface area (Å²) in [4.78, 5) is 13.8. The lowest BCUT2D eigenvalue weighted by Gasteiger charge is -2.22. The number of rotatable bonds is 4. The van der Waals surface area contributed by atoms with E-state index < -0.39 is 0 Å². The van der Waals surface area contributed by atoms with Crippen LogP contribution in [0.3, 0.4) is 0 Å². The summed E-state index contributed by atoms with van der Waals surface area (Å²) in [6, 6.07) is 0. The lowest BCUT2D eigenvalue weighted by atomic mass is 10.1. The third-order valence-corrected chi connectivity index (χ3v) is 3.84. The molecule has 1 saturated heterocycles. The van der Waals surface area contributed by atoms with Crippen LogP contribution in [-0.2, 0) is 4.79 Å². The maximum atomic E-state index is 11.9. The highest BCUT2D eigenvalue weighted by atomic mass is 79.9. The van der Waals surface area contributed by atoms with E-state index in [0.29, 0.717) is 11.8 Å². The number of carbonyl (C=O) groups excluding carboxylic acids is 1. The third-order valence-electron chi connectivity index (χ3n) is 2.33. The monoisotopic (exact) mass is 265 g/mol. The van der Waals surface area contributed by atoms with Crippen LogP contribution >= 0.6 is 27.7 Å². The average Bonchev–Trinajstić information content (AvgIpc) is 2.65. The van der Waals surface area contributed by atoms with Crippen molar-refractivity contribution in [1.82, 2.24) is 4.90 Å². The number of carbonyl (C=O) groups is 1. The zero-order valence-corrected chi connectivity index (χ0v) is 10.4. The zero-order chi connectivity index (χ0) is 9.68. The standard InChI is InChI=1S/C9H16BrNOS/c1-2-11(5-4-10)9(12)8-3-6-13-7-8/h8H,2-7H2,1H3. The highest BCUT2D eigenvalue weighted by Crippen LogP contribution is 2.25. The van der Waals surface area contributed by atoms with E-state index in [2.05, 4.69) is 15.9 Å². The molecular formula is C9H16BrNOS. The van der Waals surface area contributed by atoms with Gasteiger partial charge >= 0.3 is 0 Å². The molecule has 0 aromatic heterocycles. The van der Waals surface area contributed by atoms with E-state index in [-0.39, 0.29) is 0 Å². The smallest absolute Gasteiger partial charge is 0.226 e. The van der Waals surface area contributed by atoms with Crippen molar-refractivity contribution >= 4 is 33.6 Å². The van der Waals surface area contributed by atoms with Crippen LogP contribution in [0.15, 0.2) is 0 Å². The molecule has 0 saturated carbocycles. The number of nitrogens with zero attached hydrogens (tertiary/aromatic N) is 1. The average molecular weight is 266 g/mol. The van der Waals surface area contributed by atoms with Gasteiger partial charge in [-0.15, -0.1) is 0 Å². The lowest BCUT2D eigenvalue weighted by Crippen LogP contribution is -2.37. The van der Waals surface area contributed by atoms with E-state index >= 15 is 0 Å². The van der Waals surface area contributed by atoms with Crippen molar-refractivity contribution in [2.45, 2.75) is 13.3 Å². The molecule has 13 heavy (non-hydrogen) atoms. The van der Waals surface area contributed by atoms with E-state index in [9.17, 15) is 4.79 Å². The quantitative estimate of drug-likeness (QED) is 0.725. The first-order chi connectivity index (χ1) is 6.29. The Kier molecular flexibility index (Phi) is 5.17. The molecular weight excluding hydrogens is 250 g/mol. The van der Waals surface area contributed by atoms with Crippen LogP contribution in [-0.4, -0.2) is 40.7 Å². The largest absolute Gasteiger partial charge is 0.342 e. The van der Waals surface area contributed by atoms with Gasteiger partial charge in [0, 0.05) is 30.1 Å². The molecule has 0 radical (unpaired) electrons. The zero-order valence-electron chi connectivity index (χ0n) is 7.96. The van der Waals surface area contributed by atoms with Crippen molar-refractivity contribution in [3.05, 3.63) is 0 Å². The Hall–Kier alpha value is 0.300. The van der Waals surface area contributed by atoms with Crippen LogP contribution in [0.1, 0.15) is 13.3 Å². The summed E-state index contributed by atoms with van der Waals surface area (Å²) in [5.74, 6) is 2.83. The van der Waals surface area contributed by atoms with Crippen LogP contribution in [0, 0.1) is 5.92 Å². The van der Waals surface area contributed by atoms with E-state index in [1.54, 1.807) is 0 Å². The Balaban J connectivity index is 2.42. The van der Waals surface area contributed by atoms with Gasteiger partial charge in [-0.05, 0) is 19.1 Å². The Morgan fingerprint density at radius 3 is 2.92 bits per heavy atom. The first-order valence-corrected chi connectivity index (χ1v) is 6.99. The number of halogens is 1. The fourth-order valence-electron chi connectivity index (χ4n) is 1.51. The van der Waals surface area contributed by atoms with Crippen LogP contribution in [0.2, 0.25) is 0 Å². The molecule has 1 atom stereocenters. The Morgan fingerprint density at radius 1 is 1.69 bits per heavy atom. The van der Waals surface area contributed by atoms with Crippen LogP contribution < -0.4 is 0 Å². The minimum absolute atomic E-state index is 0.295. The molecule has 1 amide bonds. The maximum absolute atomic E-state index is 11.9. The normalized spacial score (nSPS) is 21.8. The van der Waals surface area contributed by atoms with Crippen LogP contribution in [0.5, 0.6) is 0 Å². The van der Waals surface area contributed by atoms with Gasteiger partial charge in [0.15, 0.2) is 0 Å². The van der Waals surface area contributed by atoms with Crippen LogP contribution in [0.4, 0.5) is 0 Å². The molecule has 1 aliphatic heterocycles. The SMILES string of the molecule is CCN(CCBr)C(=O)C1CCSC1. The number of hydrogen-bond acceptors (Lipinski definition) is 2. The molecule has 0 N–H and O–H groups in total. The molecule has 0 spiro atoms. The predicted molar refractivity (Wildman–Crippen MR) is 61.5 cm³/mol. The highest BCUT2D eigenvalue weighted by Gasteiger charge is 2.26. The first-order valence-electron chi connectivity index (χ1n) is 4.72. The molecule has 2 nitrogen and oxygen atoms in total. The second-order valence-corrected chi connectivity index (χ2v) is 5.11. The molecule has 0 bridgehead atoms. The van der Waals surface area contributed by atoms with Crippen molar-refractivity contribution in [2.24, 2.45) is 5.92 Å². The van der Waals surface area contributed by atoms with Crippen molar-refractivity contribution in [2.75, 3.05) is 29.9 Å². The Bertz CT molecular complexity index is 171. The third kappa shape index (κ3) is 3.17. The van der Waals surface area contributed by atoms with Crippen LogP contribution in [0.25, 0.3) is 0 Å². The summed E-state index contributed by atoms with van der Waals surface area (Å²) in [7, 11) is 0. The molecule has 1 fully saturated rings. The first kappa shape index (κ1) is 11.4. The van der Waals surface area contributed by atoms with E-state index in [4.69, 9.17) is 0 Å². The lowest BCUT2D eigenvalue weighted by molar-refractivity contribution is -0.134. The van der Waals surface area contributed by atoms with E-state index in [1.165, 1.54) is 0 Å². The summed E-state index contributed by atoms with van der Waals surface area (Å²) in [5, 5.41) is 0.881. The van der Waals surface area contributed by atoms with Gasteiger partial charge in [0.05, 0.1) is 0 Å². The summed E-state index contributed by atoms with van der Waals surface area (Å²) >= 11 is 5.27. The number of amides is 1. The topological polar surface area (TPSA) is 20.3 Å². The molecule has 1 rings (SSSR count). The number of alkyl halides is 1. The predicted octanol–water partition coefficient (Wildman–Crippen LogP) is 1.98. The molecule has 1 unspecified atom stereocenters. The van der Waals surface area contributed by atoms with Crippen molar-refractivity contribution in [1.29, 1.82) is 0 Å². The highest BCUT2D eigenvalue weighted by molar-refractivity contribution is 9.09. The molecule has 0 aromatic carbocycles. The Morgan fingerprint density at radius 2 is 2.46 bits per heavy atom. The van der Waals surface area contributed by atoms with Gasteiger partial charge < -0.3 is 4.90 Å². The summed E-state index contributed by atoms with van der Waals surface area (Å²) in [6.45, 7) is 3.73. The minimum Gasteiger partial charge on any atom is -0.342 e. The summed E-state index contributed by atoms with van der Waals surface area (Å²) in [5.41, 5.74) is 0. The maximum Gasteiger partial charge on any atom is 0.226 e. The van der Waals surface area contributed by atoms with Gasteiger partial charge in [-0.3, -0.25) is 4.79 Å². The van der Waals surface area contributed by atoms with Gasteiger partial charge in [0.25, 0.3) is 0 Å². The molecule has 1 aliphatic rings. The van der Waals surface area contributed by atoms with Crippen molar-refractivity contribution < 1.29 is 4.79 Å². The Labute approximate surface area is 92.6 Å². The van der Waals surface area contributed by atoms with Crippen molar-refractivity contribution in [3.8, 4) is 0 Å². The van der Waals surface area contributed by atoms with E-state index in [0.717, 1.165) is 36.3 Å². The summed E-state index contributed by atoms with van der Waals surface area (Å²) < 4.78 is 0. The minimum atomic E-state index is 0.295. The van der Waals surface area contributed by atoms with Gasteiger partial charge in [0.2, 0.25) is 5.91 Å². The van der Waals surface area contributed by atoms with Gasteiger partial charge in [-0.25, -0.2) is 0 Å². The molecule has 76 valence electrons. The molecule has 1 heterocycles. The summed E-state index contributed by atoms with van der Waals surface area (Å²) in [6.07, 6.45) is 1.07. The fourth-order valence-corrected chi connectivity index (χ4v) is 3.15. The molecule has 4 heteroatoms. The number of hydrogen-bond donors (Lipinski definition) is 0. The van der Waals surface area contributed by atoms with Crippen molar-refractivity contribution in [3.63, 3.8) is 0 Å². The van der Waals surface area contributed by atoms with Gasteiger partial charge in [-0.1, -0.05) is 15.9 Å². The molecule has 0 aromatic rings. The van der Waals surface area contributed by atoms with E-state index in [1.807, 2.05) is 23.6 Å². The molecule has 0 aliphatic carbocycles. The van der Waals surface area contributed by atoms with Gasteiger partial charge in [-0.2, -0.15) is 11.8 Å². The number of thioether (sulfide) groups is 1.